The van der Waals surface area contributed by atoms with Crippen LogP contribution in [0.15, 0.2) is 28.7 Å². The van der Waals surface area contributed by atoms with Crippen molar-refractivity contribution in [3.8, 4) is 0 Å². The quantitative estimate of drug-likeness (QED) is 0.797. The Morgan fingerprint density at radius 2 is 2.17 bits per heavy atom. The third-order valence-electron chi connectivity index (χ3n) is 3.77. The van der Waals surface area contributed by atoms with E-state index in [4.69, 9.17) is 20.8 Å². The molecule has 2 heterocycles. The van der Waals surface area contributed by atoms with E-state index in [1.807, 2.05) is 24.3 Å². The highest BCUT2D eigenvalue weighted by atomic mass is 35.5. The van der Waals surface area contributed by atoms with Gasteiger partial charge in [0.2, 0.25) is 21.8 Å². The van der Waals surface area contributed by atoms with E-state index in [0.29, 0.717) is 36.4 Å². The minimum Gasteiger partial charge on any atom is -0.422 e. The molecule has 1 fully saturated rings. The van der Waals surface area contributed by atoms with Crippen LogP contribution in [0.4, 0.5) is 0 Å². The van der Waals surface area contributed by atoms with Crippen molar-refractivity contribution in [3.63, 3.8) is 0 Å². The summed E-state index contributed by atoms with van der Waals surface area (Å²) in [5, 5.41) is 8.71. The number of hydrogen-bond acceptors (Lipinski definition) is 6. The van der Waals surface area contributed by atoms with Gasteiger partial charge in [0.15, 0.2) is 0 Å². The van der Waals surface area contributed by atoms with Crippen LogP contribution in [-0.2, 0) is 27.6 Å². The smallest absolute Gasteiger partial charge is 0.246 e. The Morgan fingerprint density at radius 1 is 1.33 bits per heavy atom. The number of rotatable bonds is 5. The van der Waals surface area contributed by atoms with E-state index in [-0.39, 0.29) is 6.54 Å². The zero-order valence-corrected chi connectivity index (χ0v) is 14.8. The molecule has 0 saturated carbocycles. The van der Waals surface area contributed by atoms with Gasteiger partial charge in [0.1, 0.15) is 6.10 Å². The molecule has 1 aromatic heterocycles. The molecular formula is C15H18ClN3O4S. The third kappa shape index (κ3) is 4.32. The normalized spacial score (nSPS) is 19.5. The molecule has 0 N–H and O–H groups in total. The first-order valence-electron chi connectivity index (χ1n) is 7.55. The SMILES string of the molecule is CS(=O)(=O)N1CCOC(c2nnc(CCc3cccc(Cl)c3)o2)C1. The monoisotopic (exact) mass is 371 g/mol. The van der Waals surface area contributed by atoms with Crippen LogP contribution in [0.25, 0.3) is 0 Å². The van der Waals surface area contributed by atoms with Crippen molar-refractivity contribution in [1.82, 2.24) is 14.5 Å². The van der Waals surface area contributed by atoms with Crippen molar-refractivity contribution in [3.05, 3.63) is 46.6 Å². The third-order valence-corrected chi connectivity index (χ3v) is 5.28. The first kappa shape index (κ1) is 17.3. The van der Waals surface area contributed by atoms with Gasteiger partial charge >= 0.3 is 0 Å². The molecule has 1 atom stereocenters. The molecule has 7 nitrogen and oxygen atoms in total. The number of hydrogen-bond donors (Lipinski definition) is 0. The lowest BCUT2D eigenvalue weighted by atomic mass is 10.1. The Morgan fingerprint density at radius 3 is 2.92 bits per heavy atom. The van der Waals surface area contributed by atoms with E-state index < -0.39 is 16.1 Å². The molecule has 1 aromatic carbocycles. The van der Waals surface area contributed by atoms with E-state index in [9.17, 15) is 8.42 Å². The summed E-state index contributed by atoms with van der Waals surface area (Å²) in [4.78, 5) is 0. The highest BCUT2D eigenvalue weighted by molar-refractivity contribution is 7.88. The molecule has 0 amide bonds. The summed E-state index contributed by atoms with van der Waals surface area (Å²) in [6.45, 7) is 0.831. The van der Waals surface area contributed by atoms with Crippen molar-refractivity contribution in [2.24, 2.45) is 0 Å². The fraction of sp³-hybridized carbons (Fsp3) is 0.467. The lowest BCUT2D eigenvalue weighted by Crippen LogP contribution is -2.41. The van der Waals surface area contributed by atoms with Crippen LogP contribution in [0.2, 0.25) is 5.02 Å². The zero-order chi connectivity index (χ0) is 17.2. The Balaban J connectivity index is 1.63. The van der Waals surface area contributed by atoms with Crippen LogP contribution in [0.3, 0.4) is 0 Å². The van der Waals surface area contributed by atoms with Crippen LogP contribution >= 0.6 is 11.6 Å². The van der Waals surface area contributed by atoms with Gasteiger partial charge in [-0.3, -0.25) is 0 Å². The van der Waals surface area contributed by atoms with E-state index in [2.05, 4.69) is 10.2 Å². The lowest BCUT2D eigenvalue weighted by molar-refractivity contribution is -0.0176. The molecule has 0 aliphatic carbocycles. The van der Waals surface area contributed by atoms with Gasteiger partial charge in [0.25, 0.3) is 0 Å². The number of ether oxygens (including phenoxy) is 1. The molecular weight excluding hydrogens is 354 g/mol. The van der Waals surface area contributed by atoms with Gasteiger partial charge in [-0.05, 0) is 24.1 Å². The Hall–Kier alpha value is -1.48. The first-order valence-corrected chi connectivity index (χ1v) is 9.78. The molecule has 0 radical (unpaired) electrons. The largest absolute Gasteiger partial charge is 0.422 e. The zero-order valence-electron chi connectivity index (χ0n) is 13.2. The number of halogens is 1. The summed E-state index contributed by atoms with van der Waals surface area (Å²) in [6, 6.07) is 7.60. The predicted octanol–water partition coefficient (Wildman–Crippen LogP) is 1.84. The molecule has 0 bridgehead atoms. The average Bonchev–Trinajstić information content (AvgIpc) is 3.01. The second-order valence-electron chi connectivity index (χ2n) is 5.64. The second-order valence-corrected chi connectivity index (χ2v) is 8.06. The van der Waals surface area contributed by atoms with Gasteiger partial charge in [-0.1, -0.05) is 23.7 Å². The summed E-state index contributed by atoms with van der Waals surface area (Å²) in [7, 11) is -3.26. The maximum atomic E-state index is 11.6. The highest BCUT2D eigenvalue weighted by Crippen LogP contribution is 2.23. The van der Waals surface area contributed by atoms with E-state index in [0.717, 1.165) is 12.0 Å². The Kier molecular flexibility index (Phi) is 5.19. The van der Waals surface area contributed by atoms with Crippen molar-refractivity contribution in [1.29, 1.82) is 0 Å². The van der Waals surface area contributed by atoms with Gasteiger partial charge in [-0.2, -0.15) is 4.31 Å². The number of nitrogens with zero attached hydrogens (tertiary/aromatic N) is 3. The van der Waals surface area contributed by atoms with Crippen LogP contribution in [-0.4, -0.2) is 48.9 Å². The van der Waals surface area contributed by atoms with E-state index in [1.165, 1.54) is 10.6 Å². The number of sulfonamides is 1. The highest BCUT2D eigenvalue weighted by Gasteiger charge is 2.30. The standard InChI is InChI=1S/C15H18ClN3O4S/c1-24(20,21)19-7-8-22-13(10-19)15-18-17-14(23-15)6-5-11-3-2-4-12(16)9-11/h2-4,9,13H,5-8,10H2,1H3. The average molecular weight is 372 g/mol. The van der Waals surface area contributed by atoms with E-state index in [1.54, 1.807) is 0 Å². The molecule has 1 aliphatic heterocycles. The van der Waals surface area contributed by atoms with Crippen LogP contribution in [0.5, 0.6) is 0 Å². The predicted molar refractivity (Wildman–Crippen MR) is 88.3 cm³/mol. The lowest BCUT2D eigenvalue weighted by Gasteiger charge is -2.29. The minimum absolute atomic E-state index is 0.189. The van der Waals surface area contributed by atoms with Crippen LogP contribution in [0.1, 0.15) is 23.4 Å². The fourth-order valence-electron chi connectivity index (χ4n) is 2.52. The number of morpholine rings is 1. The molecule has 1 unspecified atom stereocenters. The molecule has 1 aliphatic rings. The number of benzene rings is 1. The van der Waals surface area contributed by atoms with Gasteiger partial charge < -0.3 is 9.15 Å². The topological polar surface area (TPSA) is 85.5 Å². The summed E-state index contributed by atoms with van der Waals surface area (Å²) < 4.78 is 35.9. The molecule has 1 saturated heterocycles. The summed E-state index contributed by atoms with van der Waals surface area (Å²) in [5.41, 5.74) is 1.08. The maximum Gasteiger partial charge on any atom is 0.246 e. The van der Waals surface area contributed by atoms with E-state index >= 15 is 0 Å². The fourth-order valence-corrected chi connectivity index (χ4v) is 3.54. The molecule has 130 valence electrons. The molecule has 0 spiro atoms. The summed E-state index contributed by atoms with van der Waals surface area (Å²) in [6.07, 6.45) is 1.96. The molecule has 2 aromatic rings. The summed E-state index contributed by atoms with van der Waals surface area (Å²) in [5.74, 6) is 0.800. The first-order chi connectivity index (χ1) is 11.4. The summed E-state index contributed by atoms with van der Waals surface area (Å²) >= 11 is 5.96. The van der Waals surface area contributed by atoms with Crippen LogP contribution < -0.4 is 0 Å². The maximum absolute atomic E-state index is 11.6. The van der Waals surface area contributed by atoms with Gasteiger partial charge in [-0.25, -0.2) is 8.42 Å². The van der Waals surface area contributed by atoms with Gasteiger partial charge in [-0.15, -0.1) is 10.2 Å². The van der Waals surface area contributed by atoms with Gasteiger partial charge in [0, 0.05) is 24.5 Å². The van der Waals surface area contributed by atoms with Crippen molar-refractivity contribution < 1.29 is 17.6 Å². The van der Waals surface area contributed by atoms with Crippen molar-refractivity contribution in [2.45, 2.75) is 18.9 Å². The molecule has 3 rings (SSSR count). The Bertz CT molecular complexity index is 809. The number of aryl methyl sites for hydroxylation is 2. The molecule has 9 heteroatoms. The number of aromatic nitrogens is 2. The van der Waals surface area contributed by atoms with Crippen molar-refractivity contribution >= 4 is 21.6 Å². The second kappa shape index (κ2) is 7.18. The molecule has 24 heavy (non-hydrogen) atoms. The minimum atomic E-state index is -3.26. The van der Waals surface area contributed by atoms with Crippen LogP contribution in [0, 0.1) is 0 Å². The van der Waals surface area contributed by atoms with Gasteiger partial charge in [0.05, 0.1) is 12.9 Å². The van der Waals surface area contributed by atoms with Crippen molar-refractivity contribution in [2.75, 3.05) is 26.0 Å². The Labute approximate surface area is 145 Å².